The van der Waals surface area contributed by atoms with Gasteiger partial charge in [0, 0.05) is 13.1 Å². The molecule has 0 saturated carbocycles. The Labute approximate surface area is 99.3 Å². The van der Waals surface area contributed by atoms with Crippen LogP contribution in [0, 0.1) is 4.77 Å². The molecule has 0 aliphatic heterocycles. The Morgan fingerprint density at radius 2 is 2.19 bits per heavy atom. The molecule has 1 aromatic rings. The molecule has 1 rings (SSSR count). The molecule has 0 saturated heterocycles. The fourth-order valence-electron chi connectivity index (χ4n) is 1.19. The second-order valence-electron chi connectivity index (χ2n) is 3.46. The summed E-state index contributed by atoms with van der Waals surface area (Å²) >= 11 is 4.90. The topological polar surface area (TPSA) is 92.7 Å². The molecule has 0 radical (unpaired) electrons. The molecule has 16 heavy (non-hydrogen) atoms. The van der Waals surface area contributed by atoms with Gasteiger partial charge in [-0.1, -0.05) is 16.7 Å². The van der Waals surface area contributed by atoms with Crippen LogP contribution < -0.4 is 4.72 Å². The Kier molecular flexibility index (Phi) is 5.03. The van der Waals surface area contributed by atoms with Crippen molar-refractivity contribution < 1.29 is 8.42 Å². The van der Waals surface area contributed by atoms with E-state index in [1.807, 2.05) is 0 Å². The SMILES string of the molecule is CS(=O)(=O)NCCCCCn1[nH]nnc1=S. The molecule has 0 aliphatic carbocycles. The van der Waals surface area contributed by atoms with E-state index >= 15 is 0 Å². The van der Waals surface area contributed by atoms with Crippen molar-refractivity contribution in [2.75, 3.05) is 12.8 Å². The lowest BCUT2D eigenvalue weighted by Gasteiger charge is -2.02. The first kappa shape index (κ1) is 13.3. The van der Waals surface area contributed by atoms with Gasteiger partial charge in [-0.3, -0.25) is 0 Å². The predicted octanol–water partition coefficient (Wildman–Crippen LogP) is 0.0552. The number of hydrogen-bond acceptors (Lipinski definition) is 5. The molecule has 9 heteroatoms. The number of sulfonamides is 1. The summed E-state index contributed by atoms with van der Waals surface area (Å²) in [5, 5.41) is 9.87. The van der Waals surface area contributed by atoms with Crippen LogP contribution in [-0.4, -0.2) is 41.4 Å². The van der Waals surface area contributed by atoms with E-state index in [-0.39, 0.29) is 0 Å². The summed E-state index contributed by atoms with van der Waals surface area (Å²) in [6, 6.07) is 0. The van der Waals surface area contributed by atoms with E-state index in [4.69, 9.17) is 12.2 Å². The zero-order chi connectivity index (χ0) is 12.0. The number of nitrogens with one attached hydrogen (secondary N) is 2. The molecule has 0 spiro atoms. The third-order valence-corrected chi connectivity index (χ3v) is 2.99. The second-order valence-corrected chi connectivity index (χ2v) is 5.66. The molecule has 92 valence electrons. The third-order valence-electron chi connectivity index (χ3n) is 1.95. The monoisotopic (exact) mass is 265 g/mol. The fourth-order valence-corrected chi connectivity index (χ4v) is 1.88. The van der Waals surface area contributed by atoms with E-state index in [1.54, 1.807) is 4.68 Å². The van der Waals surface area contributed by atoms with Gasteiger partial charge in [-0.15, -0.1) is 0 Å². The summed E-state index contributed by atoms with van der Waals surface area (Å²) in [4.78, 5) is 0. The van der Waals surface area contributed by atoms with Gasteiger partial charge >= 0.3 is 0 Å². The maximum absolute atomic E-state index is 10.7. The van der Waals surface area contributed by atoms with Gasteiger partial charge in [0.25, 0.3) is 0 Å². The normalized spacial score (nSPS) is 11.8. The van der Waals surface area contributed by atoms with E-state index < -0.39 is 10.0 Å². The Morgan fingerprint density at radius 1 is 1.44 bits per heavy atom. The summed E-state index contributed by atoms with van der Waals surface area (Å²) in [6.07, 6.45) is 3.79. The molecule has 0 aliphatic rings. The molecule has 0 bridgehead atoms. The number of aryl methyl sites for hydroxylation is 1. The Hall–Kier alpha value is -0.800. The van der Waals surface area contributed by atoms with Crippen molar-refractivity contribution >= 4 is 22.2 Å². The van der Waals surface area contributed by atoms with Crippen molar-refractivity contribution in [2.24, 2.45) is 0 Å². The van der Waals surface area contributed by atoms with Crippen molar-refractivity contribution in [1.82, 2.24) is 24.9 Å². The Balaban J connectivity index is 2.09. The zero-order valence-electron chi connectivity index (χ0n) is 9.01. The number of tetrazole rings is 1. The highest BCUT2D eigenvalue weighted by Crippen LogP contribution is 1.97. The average molecular weight is 265 g/mol. The van der Waals surface area contributed by atoms with Crippen molar-refractivity contribution in [3.63, 3.8) is 0 Å². The number of unbranched alkanes of at least 4 members (excludes halogenated alkanes) is 2. The lowest BCUT2D eigenvalue weighted by molar-refractivity contribution is 0.522. The largest absolute Gasteiger partial charge is 0.242 e. The van der Waals surface area contributed by atoms with Crippen LogP contribution in [-0.2, 0) is 16.6 Å². The average Bonchev–Trinajstić information content (AvgIpc) is 2.56. The molecule has 0 fully saturated rings. The maximum atomic E-state index is 10.7. The first-order valence-corrected chi connectivity index (χ1v) is 7.21. The minimum Gasteiger partial charge on any atom is -0.242 e. The predicted molar refractivity (Wildman–Crippen MR) is 61.9 cm³/mol. The molecule has 0 aromatic carbocycles. The van der Waals surface area contributed by atoms with Crippen LogP contribution in [0.1, 0.15) is 19.3 Å². The number of aromatic amines is 1. The highest BCUT2D eigenvalue weighted by molar-refractivity contribution is 7.88. The first-order chi connectivity index (χ1) is 7.49. The number of hydrogen-bond donors (Lipinski definition) is 2. The van der Waals surface area contributed by atoms with Crippen LogP contribution in [0.2, 0.25) is 0 Å². The van der Waals surface area contributed by atoms with E-state index in [1.165, 1.54) is 0 Å². The van der Waals surface area contributed by atoms with Crippen LogP contribution in [0.5, 0.6) is 0 Å². The summed E-state index contributed by atoms with van der Waals surface area (Å²) in [6.45, 7) is 1.20. The first-order valence-electron chi connectivity index (χ1n) is 4.91. The highest BCUT2D eigenvalue weighted by Gasteiger charge is 1.99. The third kappa shape index (κ3) is 5.33. The van der Waals surface area contributed by atoms with Crippen molar-refractivity contribution in [3.8, 4) is 0 Å². The number of rotatable bonds is 7. The fraction of sp³-hybridized carbons (Fsp3) is 0.857. The van der Waals surface area contributed by atoms with Crippen LogP contribution in [0.4, 0.5) is 0 Å². The van der Waals surface area contributed by atoms with E-state index in [0.717, 1.165) is 32.1 Å². The van der Waals surface area contributed by atoms with Gasteiger partial charge in [0.15, 0.2) is 0 Å². The number of H-pyrrole nitrogens is 1. The van der Waals surface area contributed by atoms with E-state index in [9.17, 15) is 8.42 Å². The lowest BCUT2D eigenvalue weighted by Crippen LogP contribution is -2.22. The maximum Gasteiger partial charge on any atom is 0.238 e. The van der Waals surface area contributed by atoms with Crippen LogP contribution >= 0.6 is 12.2 Å². The van der Waals surface area contributed by atoms with Crippen LogP contribution in [0.15, 0.2) is 0 Å². The molecule has 0 unspecified atom stereocenters. The quantitative estimate of drug-likeness (QED) is 0.537. The summed E-state index contributed by atoms with van der Waals surface area (Å²) < 4.78 is 26.0. The smallest absolute Gasteiger partial charge is 0.238 e. The Bertz CT molecular complexity index is 463. The molecule has 1 aromatic heterocycles. The van der Waals surface area contributed by atoms with Gasteiger partial charge in [-0.05, 0) is 25.1 Å². The van der Waals surface area contributed by atoms with Crippen LogP contribution in [0.3, 0.4) is 0 Å². The molecular formula is C7H15N5O2S2. The van der Waals surface area contributed by atoms with Crippen molar-refractivity contribution in [2.45, 2.75) is 25.8 Å². The van der Waals surface area contributed by atoms with Gasteiger partial charge < -0.3 is 0 Å². The van der Waals surface area contributed by atoms with Gasteiger partial charge in [0.1, 0.15) is 0 Å². The molecule has 0 amide bonds. The Morgan fingerprint density at radius 3 is 2.75 bits per heavy atom. The molecule has 0 atom stereocenters. The van der Waals surface area contributed by atoms with Gasteiger partial charge in [-0.25, -0.2) is 17.8 Å². The minimum atomic E-state index is -3.06. The van der Waals surface area contributed by atoms with Gasteiger partial charge in [0.2, 0.25) is 14.8 Å². The molecule has 7 nitrogen and oxygen atoms in total. The standard InChI is InChI=1S/C7H15N5O2S2/c1-16(13,14)8-5-3-2-4-6-12-7(15)9-10-11-12/h8H,2-6H2,1H3,(H,9,11,15). The highest BCUT2D eigenvalue weighted by atomic mass is 32.2. The molecule has 1 heterocycles. The van der Waals surface area contributed by atoms with Crippen molar-refractivity contribution in [1.29, 1.82) is 0 Å². The zero-order valence-corrected chi connectivity index (χ0v) is 10.6. The van der Waals surface area contributed by atoms with E-state index in [0.29, 0.717) is 11.3 Å². The lowest BCUT2D eigenvalue weighted by atomic mass is 10.2. The molecule has 2 N–H and O–H groups in total. The molecular weight excluding hydrogens is 250 g/mol. The summed E-state index contributed by atoms with van der Waals surface area (Å²) in [5.74, 6) is 0. The second kappa shape index (κ2) is 6.06. The van der Waals surface area contributed by atoms with Crippen LogP contribution in [0.25, 0.3) is 0 Å². The van der Waals surface area contributed by atoms with Gasteiger partial charge in [0.05, 0.1) is 6.26 Å². The summed E-state index contributed by atoms with van der Waals surface area (Å²) in [5.41, 5.74) is 0. The summed E-state index contributed by atoms with van der Waals surface area (Å²) in [7, 11) is -3.06. The van der Waals surface area contributed by atoms with Crippen molar-refractivity contribution in [3.05, 3.63) is 4.77 Å². The number of aromatic nitrogens is 4. The number of nitrogens with zero attached hydrogens (tertiary/aromatic N) is 3. The van der Waals surface area contributed by atoms with E-state index in [2.05, 4.69) is 20.2 Å². The van der Waals surface area contributed by atoms with Gasteiger partial charge in [-0.2, -0.15) is 5.21 Å². The minimum absolute atomic E-state index is 0.439.